The minimum atomic E-state index is -0.926. The van der Waals surface area contributed by atoms with Crippen molar-refractivity contribution in [3.8, 4) is 0 Å². The predicted octanol–water partition coefficient (Wildman–Crippen LogP) is 2.86. The van der Waals surface area contributed by atoms with Crippen LogP contribution >= 0.6 is 0 Å². The Kier molecular flexibility index (Phi) is 5.44. The van der Waals surface area contributed by atoms with E-state index >= 15 is 0 Å². The van der Waals surface area contributed by atoms with E-state index in [9.17, 15) is 14.7 Å². The van der Waals surface area contributed by atoms with E-state index < -0.39 is 24.0 Å². The van der Waals surface area contributed by atoms with Crippen LogP contribution in [0.4, 0.5) is 0 Å². The number of aryl methyl sites for hydroxylation is 1. The molecule has 0 radical (unpaired) electrons. The van der Waals surface area contributed by atoms with Gasteiger partial charge in [-0.1, -0.05) is 50.6 Å². The summed E-state index contributed by atoms with van der Waals surface area (Å²) in [7, 11) is 0. The lowest BCUT2D eigenvalue weighted by molar-refractivity contribution is -0.149. The maximum atomic E-state index is 12.4. The van der Waals surface area contributed by atoms with Gasteiger partial charge < -0.3 is 15.2 Å². The highest BCUT2D eigenvalue weighted by atomic mass is 16.5. The van der Waals surface area contributed by atoms with Crippen molar-refractivity contribution in [3.63, 3.8) is 0 Å². The van der Waals surface area contributed by atoms with Gasteiger partial charge in [0.05, 0.1) is 5.92 Å². The van der Waals surface area contributed by atoms with E-state index in [1.807, 2.05) is 52.0 Å². The summed E-state index contributed by atoms with van der Waals surface area (Å²) in [5.74, 6) is -2.09. The minimum Gasteiger partial charge on any atom is -0.481 e. The van der Waals surface area contributed by atoms with Gasteiger partial charge in [0.2, 0.25) is 0 Å². The van der Waals surface area contributed by atoms with Crippen LogP contribution < -0.4 is 5.32 Å². The number of hydrogen-bond donors (Lipinski definition) is 2. The molecule has 2 N–H and O–H groups in total. The maximum absolute atomic E-state index is 12.4. The fraction of sp³-hybridized carbons (Fsp3) is 0.474. The lowest BCUT2D eigenvalue weighted by Gasteiger charge is -2.30. The number of benzene rings is 1. The predicted molar refractivity (Wildman–Crippen MR) is 91.5 cm³/mol. The summed E-state index contributed by atoms with van der Waals surface area (Å²) in [6, 6.07) is 7.89. The van der Waals surface area contributed by atoms with Crippen LogP contribution in [0.2, 0.25) is 0 Å². The fourth-order valence-corrected chi connectivity index (χ4v) is 2.89. The van der Waals surface area contributed by atoms with E-state index in [1.165, 1.54) is 6.08 Å². The molecule has 0 saturated carbocycles. The monoisotopic (exact) mass is 331 g/mol. The Hall–Kier alpha value is -2.14. The van der Waals surface area contributed by atoms with E-state index in [-0.39, 0.29) is 5.41 Å². The van der Waals surface area contributed by atoms with Gasteiger partial charge in [-0.2, -0.15) is 0 Å². The van der Waals surface area contributed by atoms with Crippen molar-refractivity contribution in [3.05, 3.63) is 47.0 Å². The molecule has 24 heavy (non-hydrogen) atoms. The molecule has 1 aliphatic rings. The molecule has 1 aromatic carbocycles. The van der Waals surface area contributed by atoms with Gasteiger partial charge in [0.25, 0.3) is 0 Å². The summed E-state index contributed by atoms with van der Waals surface area (Å²) in [6.07, 6.45) is 0.923. The first-order valence-electron chi connectivity index (χ1n) is 8.09. The van der Waals surface area contributed by atoms with Gasteiger partial charge in [-0.25, -0.2) is 4.79 Å². The third-order valence-electron chi connectivity index (χ3n) is 4.09. The molecule has 2 unspecified atom stereocenters. The number of carbonyl (C=O) groups excluding carboxylic acids is 1. The number of esters is 1. The van der Waals surface area contributed by atoms with Gasteiger partial charge in [-0.05, 0) is 18.1 Å². The second kappa shape index (κ2) is 7.18. The lowest BCUT2D eigenvalue weighted by atomic mass is 9.84. The molecular formula is C19H25NO4. The zero-order chi connectivity index (χ0) is 17.9. The van der Waals surface area contributed by atoms with Crippen LogP contribution in [0.3, 0.4) is 0 Å². The minimum absolute atomic E-state index is 0.276. The van der Waals surface area contributed by atoms with Crippen LogP contribution in [-0.2, 0) is 14.3 Å². The molecular weight excluding hydrogens is 306 g/mol. The Bertz CT molecular complexity index is 658. The maximum Gasteiger partial charge on any atom is 0.331 e. The number of carboxylic acid groups (broad SMARTS) is 1. The number of carboxylic acids is 1. The van der Waals surface area contributed by atoms with Crippen LogP contribution in [-0.4, -0.2) is 30.1 Å². The molecule has 1 fully saturated rings. The Balaban J connectivity index is 2.21. The molecule has 2 rings (SSSR count). The topological polar surface area (TPSA) is 75.6 Å². The highest BCUT2D eigenvalue weighted by molar-refractivity contribution is 5.86. The molecule has 1 aromatic rings. The second-order valence-corrected chi connectivity index (χ2v) is 7.34. The van der Waals surface area contributed by atoms with Gasteiger partial charge in [0.1, 0.15) is 6.10 Å². The van der Waals surface area contributed by atoms with Crippen molar-refractivity contribution in [2.45, 2.75) is 33.8 Å². The van der Waals surface area contributed by atoms with Crippen molar-refractivity contribution in [2.24, 2.45) is 11.3 Å². The SMILES string of the molecule is Cc1cccc(C(OC(=O)C=C2CNCC2C(=O)O)C(C)(C)C)c1. The zero-order valence-electron chi connectivity index (χ0n) is 14.6. The Morgan fingerprint density at radius 1 is 1.38 bits per heavy atom. The summed E-state index contributed by atoms with van der Waals surface area (Å²) in [5.41, 5.74) is 2.32. The van der Waals surface area contributed by atoms with Crippen molar-refractivity contribution in [2.75, 3.05) is 13.1 Å². The summed E-state index contributed by atoms with van der Waals surface area (Å²) in [5, 5.41) is 12.2. The van der Waals surface area contributed by atoms with Crippen LogP contribution in [0.5, 0.6) is 0 Å². The fourth-order valence-electron chi connectivity index (χ4n) is 2.89. The lowest BCUT2D eigenvalue weighted by Crippen LogP contribution is -2.24. The molecule has 0 spiro atoms. The number of hydrogen-bond acceptors (Lipinski definition) is 4. The van der Waals surface area contributed by atoms with E-state index in [0.717, 1.165) is 11.1 Å². The highest BCUT2D eigenvalue weighted by Crippen LogP contribution is 2.36. The molecule has 0 aromatic heterocycles. The number of rotatable bonds is 4. The molecule has 5 nitrogen and oxygen atoms in total. The molecule has 130 valence electrons. The van der Waals surface area contributed by atoms with Gasteiger partial charge in [0.15, 0.2) is 0 Å². The summed E-state index contributed by atoms with van der Waals surface area (Å²) < 4.78 is 5.71. The first-order chi connectivity index (χ1) is 11.2. The van der Waals surface area contributed by atoms with E-state index in [0.29, 0.717) is 18.7 Å². The summed E-state index contributed by atoms with van der Waals surface area (Å²) in [4.78, 5) is 23.6. The van der Waals surface area contributed by atoms with Crippen molar-refractivity contribution < 1.29 is 19.4 Å². The van der Waals surface area contributed by atoms with Crippen molar-refractivity contribution >= 4 is 11.9 Å². The number of aliphatic carboxylic acids is 1. The summed E-state index contributed by atoms with van der Waals surface area (Å²) >= 11 is 0. The van der Waals surface area contributed by atoms with Crippen LogP contribution in [0, 0.1) is 18.3 Å². The normalized spacial score (nSPS) is 20.8. The molecule has 1 heterocycles. The number of carbonyl (C=O) groups is 2. The first-order valence-corrected chi connectivity index (χ1v) is 8.09. The van der Waals surface area contributed by atoms with E-state index in [1.54, 1.807) is 0 Å². The molecule has 5 heteroatoms. The van der Waals surface area contributed by atoms with Crippen molar-refractivity contribution in [1.29, 1.82) is 0 Å². The molecule has 1 aliphatic heterocycles. The Labute approximate surface area is 142 Å². The van der Waals surface area contributed by atoms with E-state index in [4.69, 9.17) is 4.74 Å². The first kappa shape index (κ1) is 18.2. The molecule has 0 aliphatic carbocycles. The van der Waals surface area contributed by atoms with Gasteiger partial charge in [0, 0.05) is 24.6 Å². The highest BCUT2D eigenvalue weighted by Gasteiger charge is 2.31. The quantitative estimate of drug-likeness (QED) is 0.655. The number of nitrogens with one attached hydrogen (secondary N) is 1. The third kappa shape index (κ3) is 4.45. The third-order valence-corrected chi connectivity index (χ3v) is 4.09. The zero-order valence-corrected chi connectivity index (χ0v) is 14.6. The van der Waals surface area contributed by atoms with E-state index in [2.05, 4.69) is 5.32 Å². The largest absolute Gasteiger partial charge is 0.481 e. The average molecular weight is 331 g/mol. The van der Waals surface area contributed by atoms with Crippen LogP contribution in [0.25, 0.3) is 0 Å². The standard InChI is InChI=1S/C19H25NO4/c1-12-6-5-7-13(8-12)17(19(2,3)4)24-16(21)9-14-10-20-11-15(14)18(22)23/h5-9,15,17,20H,10-11H2,1-4H3,(H,22,23). The Morgan fingerprint density at radius 3 is 2.67 bits per heavy atom. The molecule has 0 amide bonds. The van der Waals surface area contributed by atoms with Gasteiger partial charge in [-0.3, -0.25) is 4.79 Å². The number of ether oxygens (including phenoxy) is 1. The average Bonchev–Trinajstić information content (AvgIpc) is 2.91. The van der Waals surface area contributed by atoms with Crippen molar-refractivity contribution in [1.82, 2.24) is 5.32 Å². The molecule has 2 atom stereocenters. The molecule has 0 bridgehead atoms. The smallest absolute Gasteiger partial charge is 0.331 e. The van der Waals surface area contributed by atoms with Gasteiger partial charge >= 0.3 is 11.9 Å². The molecule has 1 saturated heterocycles. The second-order valence-electron chi connectivity index (χ2n) is 7.34. The Morgan fingerprint density at radius 2 is 2.08 bits per heavy atom. The van der Waals surface area contributed by atoms with Crippen LogP contribution in [0.1, 0.15) is 38.0 Å². The van der Waals surface area contributed by atoms with Crippen LogP contribution in [0.15, 0.2) is 35.9 Å². The summed E-state index contributed by atoms with van der Waals surface area (Å²) in [6.45, 7) is 8.77. The van der Waals surface area contributed by atoms with Gasteiger partial charge in [-0.15, -0.1) is 0 Å².